The van der Waals surface area contributed by atoms with Gasteiger partial charge in [0, 0.05) is 23.8 Å². The molecule has 6 heteroatoms. The lowest BCUT2D eigenvalue weighted by molar-refractivity contribution is 1.00. The Labute approximate surface area is 103 Å². The quantitative estimate of drug-likeness (QED) is 0.667. The number of nitrogens with zero attached hydrogens (tertiary/aromatic N) is 4. The normalized spacial score (nSPS) is 10.7. The molecule has 0 aliphatic carbocycles. The van der Waals surface area contributed by atoms with Crippen molar-refractivity contribution in [2.24, 2.45) is 0 Å². The van der Waals surface area contributed by atoms with Gasteiger partial charge in [-0.05, 0) is 25.1 Å². The first kappa shape index (κ1) is 10.5. The average Bonchev–Trinajstić information content (AvgIpc) is 2.73. The van der Waals surface area contributed by atoms with E-state index in [-0.39, 0.29) is 0 Å². The van der Waals surface area contributed by atoms with E-state index < -0.39 is 0 Å². The van der Waals surface area contributed by atoms with Crippen LogP contribution in [0.25, 0.3) is 5.65 Å². The van der Waals surface area contributed by atoms with Crippen molar-refractivity contribution in [3.8, 4) is 0 Å². The maximum atomic E-state index is 5.74. The van der Waals surface area contributed by atoms with Crippen LogP contribution in [0.15, 0.2) is 36.7 Å². The van der Waals surface area contributed by atoms with E-state index in [9.17, 15) is 0 Å². The van der Waals surface area contributed by atoms with Crippen LogP contribution < -0.4 is 11.1 Å². The second kappa shape index (κ2) is 3.99. The minimum absolute atomic E-state index is 0.656. The van der Waals surface area contributed by atoms with E-state index in [2.05, 4.69) is 20.5 Å². The summed E-state index contributed by atoms with van der Waals surface area (Å²) in [6.07, 6.45) is 3.53. The van der Waals surface area contributed by atoms with Gasteiger partial charge in [-0.3, -0.25) is 4.40 Å². The van der Waals surface area contributed by atoms with Gasteiger partial charge in [0.25, 0.3) is 0 Å². The standard InChI is InChI=1S/C12H12N6/c1-8-16-17-12-11(14-5-6-18(8)12)15-10-4-2-3-9(13)7-10/h2-7H,13H2,1H3,(H,14,15). The highest BCUT2D eigenvalue weighted by atomic mass is 15.3. The number of nitrogens with two attached hydrogens (primary N) is 1. The molecule has 0 spiro atoms. The summed E-state index contributed by atoms with van der Waals surface area (Å²) >= 11 is 0. The molecule has 18 heavy (non-hydrogen) atoms. The predicted octanol–water partition coefficient (Wildman–Crippen LogP) is 1.76. The Hall–Kier alpha value is -2.63. The van der Waals surface area contributed by atoms with Crippen LogP contribution in [0, 0.1) is 6.92 Å². The van der Waals surface area contributed by atoms with E-state index in [0.717, 1.165) is 11.5 Å². The molecule has 0 saturated heterocycles. The van der Waals surface area contributed by atoms with Crippen molar-refractivity contribution in [2.45, 2.75) is 6.92 Å². The van der Waals surface area contributed by atoms with Crippen molar-refractivity contribution in [3.63, 3.8) is 0 Å². The number of anilines is 3. The fraction of sp³-hybridized carbons (Fsp3) is 0.0833. The second-order valence-electron chi connectivity index (χ2n) is 3.97. The summed E-state index contributed by atoms with van der Waals surface area (Å²) in [6.45, 7) is 1.89. The highest BCUT2D eigenvalue weighted by Gasteiger charge is 2.07. The van der Waals surface area contributed by atoms with Crippen molar-refractivity contribution in [2.75, 3.05) is 11.1 Å². The van der Waals surface area contributed by atoms with Crippen LogP contribution >= 0.6 is 0 Å². The molecule has 3 N–H and O–H groups in total. The average molecular weight is 240 g/mol. The maximum absolute atomic E-state index is 5.74. The third-order valence-corrected chi connectivity index (χ3v) is 2.65. The first-order valence-electron chi connectivity index (χ1n) is 5.53. The first-order valence-corrected chi connectivity index (χ1v) is 5.53. The van der Waals surface area contributed by atoms with Gasteiger partial charge in [0.1, 0.15) is 5.82 Å². The zero-order valence-corrected chi connectivity index (χ0v) is 9.83. The van der Waals surface area contributed by atoms with Gasteiger partial charge in [-0.15, -0.1) is 10.2 Å². The number of rotatable bonds is 2. The number of aryl methyl sites for hydroxylation is 1. The molecule has 0 bridgehead atoms. The molecule has 0 amide bonds. The number of benzene rings is 1. The van der Waals surface area contributed by atoms with Crippen LogP contribution in [0.3, 0.4) is 0 Å². The molecule has 0 aliphatic rings. The SMILES string of the molecule is Cc1nnc2c(Nc3cccc(N)c3)nccn12. The van der Waals surface area contributed by atoms with Gasteiger partial charge in [-0.25, -0.2) is 4.98 Å². The zero-order valence-electron chi connectivity index (χ0n) is 9.83. The Balaban J connectivity index is 2.05. The zero-order chi connectivity index (χ0) is 12.5. The molecule has 0 radical (unpaired) electrons. The van der Waals surface area contributed by atoms with Crippen molar-refractivity contribution in [1.29, 1.82) is 0 Å². The van der Waals surface area contributed by atoms with Crippen molar-refractivity contribution < 1.29 is 0 Å². The van der Waals surface area contributed by atoms with Gasteiger partial charge < -0.3 is 11.1 Å². The number of nitrogen functional groups attached to an aromatic ring is 1. The summed E-state index contributed by atoms with van der Waals surface area (Å²) < 4.78 is 1.88. The Bertz CT molecular complexity index is 703. The van der Waals surface area contributed by atoms with E-state index in [1.54, 1.807) is 6.20 Å². The predicted molar refractivity (Wildman–Crippen MR) is 69.7 cm³/mol. The highest BCUT2D eigenvalue weighted by Crippen LogP contribution is 2.19. The van der Waals surface area contributed by atoms with E-state index in [0.29, 0.717) is 17.2 Å². The number of hydrogen-bond donors (Lipinski definition) is 2. The van der Waals surface area contributed by atoms with Crippen LogP contribution in [-0.4, -0.2) is 19.6 Å². The van der Waals surface area contributed by atoms with Crippen molar-refractivity contribution in [3.05, 3.63) is 42.5 Å². The summed E-state index contributed by atoms with van der Waals surface area (Å²) in [7, 11) is 0. The Kier molecular flexibility index (Phi) is 2.33. The Morgan fingerprint density at radius 3 is 3.00 bits per heavy atom. The molecule has 0 aliphatic heterocycles. The third-order valence-electron chi connectivity index (χ3n) is 2.65. The van der Waals surface area contributed by atoms with Crippen molar-refractivity contribution in [1.82, 2.24) is 19.6 Å². The molecule has 2 aromatic heterocycles. The van der Waals surface area contributed by atoms with Gasteiger partial charge in [-0.1, -0.05) is 6.07 Å². The lowest BCUT2D eigenvalue weighted by atomic mass is 10.3. The lowest BCUT2D eigenvalue weighted by Crippen LogP contribution is -1.98. The molecule has 0 saturated carbocycles. The molecular weight excluding hydrogens is 228 g/mol. The number of fused-ring (bicyclic) bond motifs is 1. The largest absolute Gasteiger partial charge is 0.399 e. The molecule has 3 rings (SSSR count). The maximum Gasteiger partial charge on any atom is 0.204 e. The topological polar surface area (TPSA) is 81.1 Å². The van der Waals surface area contributed by atoms with Gasteiger partial charge in [0.15, 0.2) is 5.82 Å². The van der Waals surface area contributed by atoms with E-state index >= 15 is 0 Å². The summed E-state index contributed by atoms with van der Waals surface area (Å²) in [6, 6.07) is 7.48. The monoisotopic (exact) mass is 240 g/mol. The molecule has 3 aromatic rings. The van der Waals surface area contributed by atoms with Gasteiger partial charge in [0.05, 0.1) is 0 Å². The minimum atomic E-state index is 0.656. The Morgan fingerprint density at radius 2 is 2.17 bits per heavy atom. The van der Waals surface area contributed by atoms with Gasteiger partial charge >= 0.3 is 0 Å². The lowest BCUT2D eigenvalue weighted by Gasteiger charge is -2.06. The molecule has 2 heterocycles. The molecular formula is C12H12N6. The number of aromatic nitrogens is 4. The molecule has 1 aromatic carbocycles. The van der Waals surface area contributed by atoms with Crippen LogP contribution in [0.2, 0.25) is 0 Å². The highest BCUT2D eigenvalue weighted by molar-refractivity contribution is 5.70. The van der Waals surface area contributed by atoms with Crippen LogP contribution in [0.5, 0.6) is 0 Å². The van der Waals surface area contributed by atoms with Crippen molar-refractivity contribution >= 4 is 22.8 Å². The molecule has 0 atom stereocenters. The Morgan fingerprint density at radius 1 is 1.28 bits per heavy atom. The fourth-order valence-electron chi connectivity index (χ4n) is 1.78. The molecule has 90 valence electrons. The third kappa shape index (κ3) is 1.73. The summed E-state index contributed by atoms with van der Waals surface area (Å²) in [5.41, 5.74) is 8.00. The van der Waals surface area contributed by atoms with Gasteiger partial charge in [-0.2, -0.15) is 0 Å². The number of nitrogens with one attached hydrogen (secondary N) is 1. The first-order chi connectivity index (χ1) is 8.74. The fourth-order valence-corrected chi connectivity index (χ4v) is 1.78. The van der Waals surface area contributed by atoms with Gasteiger partial charge in [0.2, 0.25) is 5.65 Å². The molecule has 6 nitrogen and oxygen atoms in total. The van der Waals surface area contributed by atoms with Crippen LogP contribution in [0.4, 0.5) is 17.2 Å². The molecule has 0 unspecified atom stereocenters. The summed E-state index contributed by atoms with van der Waals surface area (Å²) in [5, 5.41) is 11.3. The van der Waals surface area contributed by atoms with E-state index in [1.807, 2.05) is 41.8 Å². The summed E-state index contributed by atoms with van der Waals surface area (Å²) in [5.74, 6) is 1.48. The summed E-state index contributed by atoms with van der Waals surface area (Å²) in [4.78, 5) is 4.27. The molecule has 0 fully saturated rings. The smallest absolute Gasteiger partial charge is 0.204 e. The minimum Gasteiger partial charge on any atom is -0.399 e. The van der Waals surface area contributed by atoms with E-state index in [4.69, 9.17) is 5.73 Å². The van der Waals surface area contributed by atoms with Crippen LogP contribution in [0.1, 0.15) is 5.82 Å². The number of hydrogen-bond acceptors (Lipinski definition) is 5. The van der Waals surface area contributed by atoms with Crippen LogP contribution in [-0.2, 0) is 0 Å². The van der Waals surface area contributed by atoms with E-state index in [1.165, 1.54) is 0 Å². The second-order valence-corrected chi connectivity index (χ2v) is 3.97.